The molecule has 0 aliphatic carbocycles. The largest absolute Gasteiger partial charge is 0.226 e. The highest BCUT2D eigenvalue weighted by atomic mass is 32.2. The van der Waals surface area contributed by atoms with E-state index in [1.807, 2.05) is 13.8 Å². The summed E-state index contributed by atoms with van der Waals surface area (Å²) in [5, 5.41) is 11.0. The Morgan fingerprint density at radius 3 is 2.72 bits per heavy atom. The van der Waals surface area contributed by atoms with Crippen molar-refractivity contribution >= 4 is 33.3 Å². The van der Waals surface area contributed by atoms with Gasteiger partial charge in [0.15, 0.2) is 0 Å². The molecule has 1 atom stereocenters. The van der Waals surface area contributed by atoms with Crippen molar-refractivity contribution in [2.75, 3.05) is 5.75 Å². The van der Waals surface area contributed by atoms with Crippen LogP contribution in [0.25, 0.3) is 10.2 Å². The van der Waals surface area contributed by atoms with Crippen LogP contribution in [0.5, 0.6) is 0 Å². The minimum absolute atomic E-state index is 0.0420. The molecule has 2 aromatic rings. The maximum absolute atomic E-state index is 8.85. The van der Waals surface area contributed by atoms with Crippen LogP contribution in [-0.4, -0.2) is 15.7 Å². The second-order valence-electron chi connectivity index (χ2n) is 4.38. The molecule has 0 radical (unpaired) electrons. The number of nitriles is 1. The van der Waals surface area contributed by atoms with Gasteiger partial charge in [0.2, 0.25) is 0 Å². The number of aryl methyl sites for hydroxylation is 3. The lowest BCUT2D eigenvalue weighted by molar-refractivity contribution is 0.861. The second-order valence-corrected chi connectivity index (χ2v) is 6.59. The van der Waals surface area contributed by atoms with Gasteiger partial charge in [-0.25, -0.2) is 9.97 Å². The molecule has 3 nitrogen and oxygen atoms in total. The van der Waals surface area contributed by atoms with Crippen LogP contribution < -0.4 is 0 Å². The summed E-state index contributed by atoms with van der Waals surface area (Å²) in [4.78, 5) is 11.4. The van der Waals surface area contributed by atoms with Crippen molar-refractivity contribution in [3.05, 3.63) is 16.3 Å². The highest BCUT2D eigenvalue weighted by Crippen LogP contribution is 2.35. The van der Waals surface area contributed by atoms with E-state index in [-0.39, 0.29) is 5.92 Å². The fourth-order valence-electron chi connectivity index (χ4n) is 1.66. The first-order valence-electron chi connectivity index (χ1n) is 5.79. The van der Waals surface area contributed by atoms with Crippen molar-refractivity contribution in [3.63, 3.8) is 0 Å². The van der Waals surface area contributed by atoms with E-state index in [2.05, 4.69) is 29.9 Å². The number of rotatable bonds is 3. The minimum atomic E-state index is 0.0420. The van der Waals surface area contributed by atoms with Crippen LogP contribution in [0.2, 0.25) is 0 Å². The average molecular weight is 277 g/mol. The number of aromatic nitrogens is 2. The van der Waals surface area contributed by atoms with Gasteiger partial charge in [0, 0.05) is 16.0 Å². The number of thiophene rings is 1. The summed E-state index contributed by atoms with van der Waals surface area (Å²) in [7, 11) is 0. The zero-order valence-electron chi connectivity index (χ0n) is 10.9. The lowest BCUT2D eigenvalue weighted by Gasteiger charge is -2.05. The maximum Gasteiger partial charge on any atom is 0.128 e. The standard InChI is InChI=1S/C13H15N3S2/c1-7(5-14)6-17-12-11-8(2)9(3)18-13(11)16-10(4)15-12/h7H,6H2,1-4H3. The molecule has 2 rings (SSSR count). The van der Waals surface area contributed by atoms with E-state index < -0.39 is 0 Å². The van der Waals surface area contributed by atoms with E-state index in [1.165, 1.54) is 15.8 Å². The molecule has 0 bridgehead atoms. The van der Waals surface area contributed by atoms with Gasteiger partial charge in [0.25, 0.3) is 0 Å². The Morgan fingerprint density at radius 1 is 1.33 bits per heavy atom. The summed E-state index contributed by atoms with van der Waals surface area (Å²) < 4.78 is 0. The molecule has 0 aliphatic rings. The van der Waals surface area contributed by atoms with Crippen molar-refractivity contribution in [1.82, 2.24) is 9.97 Å². The summed E-state index contributed by atoms with van der Waals surface area (Å²) in [6, 6.07) is 2.26. The number of hydrogen-bond donors (Lipinski definition) is 0. The van der Waals surface area contributed by atoms with Gasteiger partial charge in [-0.3, -0.25) is 0 Å². The van der Waals surface area contributed by atoms with Gasteiger partial charge in [-0.15, -0.1) is 23.1 Å². The average Bonchev–Trinajstić information content (AvgIpc) is 2.61. The molecule has 0 aromatic carbocycles. The van der Waals surface area contributed by atoms with Crippen molar-refractivity contribution < 1.29 is 0 Å². The molecule has 1 unspecified atom stereocenters. The van der Waals surface area contributed by atoms with Gasteiger partial charge in [-0.1, -0.05) is 0 Å². The van der Waals surface area contributed by atoms with E-state index in [0.717, 1.165) is 21.4 Å². The minimum Gasteiger partial charge on any atom is -0.226 e. The van der Waals surface area contributed by atoms with Gasteiger partial charge in [-0.05, 0) is 33.3 Å². The fourth-order valence-corrected chi connectivity index (χ4v) is 3.87. The monoisotopic (exact) mass is 277 g/mol. The third-order valence-corrected chi connectivity index (χ3v) is 5.13. The maximum atomic E-state index is 8.85. The molecular formula is C13H15N3S2. The van der Waals surface area contributed by atoms with Gasteiger partial charge in [-0.2, -0.15) is 5.26 Å². The second kappa shape index (κ2) is 5.25. The highest BCUT2D eigenvalue weighted by molar-refractivity contribution is 7.99. The molecule has 0 spiro atoms. The van der Waals surface area contributed by atoms with E-state index in [1.54, 1.807) is 23.1 Å². The normalized spacial score (nSPS) is 12.6. The van der Waals surface area contributed by atoms with E-state index in [9.17, 15) is 0 Å². The Labute approximate surface area is 115 Å². The lowest BCUT2D eigenvalue weighted by atomic mass is 10.2. The molecule has 0 saturated carbocycles. The smallest absolute Gasteiger partial charge is 0.128 e. The number of fused-ring (bicyclic) bond motifs is 1. The van der Waals surface area contributed by atoms with Crippen molar-refractivity contribution in [3.8, 4) is 6.07 Å². The lowest BCUT2D eigenvalue weighted by Crippen LogP contribution is -1.97. The van der Waals surface area contributed by atoms with E-state index in [0.29, 0.717) is 0 Å². The Kier molecular flexibility index (Phi) is 3.88. The summed E-state index contributed by atoms with van der Waals surface area (Å²) in [5.41, 5.74) is 1.27. The topological polar surface area (TPSA) is 49.6 Å². The van der Waals surface area contributed by atoms with Crippen molar-refractivity contribution in [1.29, 1.82) is 5.26 Å². The highest BCUT2D eigenvalue weighted by Gasteiger charge is 2.14. The van der Waals surface area contributed by atoms with Gasteiger partial charge in [0.1, 0.15) is 15.7 Å². The molecule has 0 fully saturated rings. The van der Waals surface area contributed by atoms with Crippen molar-refractivity contribution in [2.45, 2.75) is 32.7 Å². The molecule has 0 aliphatic heterocycles. The van der Waals surface area contributed by atoms with Crippen molar-refractivity contribution in [2.24, 2.45) is 5.92 Å². The molecule has 0 saturated heterocycles. The summed E-state index contributed by atoms with van der Waals surface area (Å²) in [5.74, 6) is 1.62. The predicted molar refractivity (Wildman–Crippen MR) is 77.1 cm³/mol. The SMILES string of the molecule is Cc1nc(SCC(C)C#N)c2c(C)c(C)sc2n1. The third kappa shape index (κ3) is 2.50. The molecule has 5 heteroatoms. The van der Waals surface area contributed by atoms with Crippen LogP contribution in [0.1, 0.15) is 23.2 Å². The number of thioether (sulfide) groups is 1. The van der Waals surface area contributed by atoms with E-state index >= 15 is 0 Å². The molecule has 18 heavy (non-hydrogen) atoms. The van der Waals surface area contributed by atoms with Gasteiger partial charge in [0.05, 0.1) is 12.0 Å². The Morgan fingerprint density at radius 2 is 2.06 bits per heavy atom. The molecule has 94 valence electrons. The molecule has 2 heterocycles. The summed E-state index contributed by atoms with van der Waals surface area (Å²) in [6.07, 6.45) is 0. The quantitative estimate of drug-likeness (QED) is 0.631. The third-order valence-electron chi connectivity index (χ3n) is 2.80. The van der Waals surface area contributed by atoms with Crippen LogP contribution in [-0.2, 0) is 0 Å². The predicted octanol–water partition coefficient (Wildman–Crippen LogP) is 3.87. The van der Waals surface area contributed by atoms with Crippen LogP contribution in [0, 0.1) is 38.0 Å². The van der Waals surface area contributed by atoms with Crippen LogP contribution in [0.4, 0.5) is 0 Å². The zero-order chi connectivity index (χ0) is 13.3. The Bertz CT molecular complexity index is 625. The number of hydrogen-bond acceptors (Lipinski definition) is 5. The molecule has 2 aromatic heterocycles. The van der Waals surface area contributed by atoms with Crippen LogP contribution >= 0.6 is 23.1 Å². The van der Waals surface area contributed by atoms with Gasteiger partial charge < -0.3 is 0 Å². The zero-order valence-corrected chi connectivity index (χ0v) is 12.6. The van der Waals surface area contributed by atoms with Crippen LogP contribution in [0.15, 0.2) is 5.03 Å². The molecule has 0 amide bonds. The molecular weight excluding hydrogens is 262 g/mol. The van der Waals surface area contributed by atoms with Crippen LogP contribution in [0.3, 0.4) is 0 Å². The fraction of sp³-hybridized carbons (Fsp3) is 0.462. The number of nitrogens with zero attached hydrogens (tertiary/aromatic N) is 3. The Balaban J connectivity index is 2.45. The Hall–Kier alpha value is -1.12. The summed E-state index contributed by atoms with van der Waals surface area (Å²) in [6.45, 7) is 8.08. The van der Waals surface area contributed by atoms with Gasteiger partial charge >= 0.3 is 0 Å². The first kappa shape index (κ1) is 13.3. The van der Waals surface area contributed by atoms with E-state index in [4.69, 9.17) is 5.26 Å². The summed E-state index contributed by atoms with van der Waals surface area (Å²) >= 11 is 3.37. The molecule has 0 N–H and O–H groups in total. The first-order chi connectivity index (χ1) is 8.52. The first-order valence-corrected chi connectivity index (χ1v) is 7.60.